The van der Waals surface area contributed by atoms with Gasteiger partial charge in [0, 0.05) is 18.3 Å². The lowest BCUT2D eigenvalue weighted by Gasteiger charge is -2.30. The molecule has 10 nitrogen and oxygen atoms in total. The van der Waals surface area contributed by atoms with Crippen molar-refractivity contribution in [3.63, 3.8) is 0 Å². The Morgan fingerprint density at radius 2 is 1.84 bits per heavy atom. The van der Waals surface area contributed by atoms with Gasteiger partial charge in [-0.15, -0.1) is 5.10 Å². The highest BCUT2D eigenvalue weighted by Crippen LogP contribution is 2.36. The molecule has 0 aliphatic heterocycles. The molecule has 2 aromatic carbocycles. The molecule has 10 heteroatoms. The van der Waals surface area contributed by atoms with Gasteiger partial charge in [-0.3, -0.25) is 14.5 Å². The fourth-order valence-electron chi connectivity index (χ4n) is 4.05. The van der Waals surface area contributed by atoms with Crippen molar-refractivity contribution >= 4 is 28.5 Å². The Balaban J connectivity index is 1.77. The van der Waals surface area contributed by atoms with E-state index >= 15 is 0 Å². The predicted octanol–water partition coefficient (Wildman–Crippen LogP) is 3.98. The summed E-state index contributed by atoms with van der Waals surface area (Å²) in [6.45, 7) is 4.48. The molecule has 1 N–H and O–H groups in total. The number of furan rings is 1. The van der Waals surface area contributed by atoms with Gasteiger partial charge in [0.2, 0.25) is 5.91 Å². The van der Waals surface area contributed by atoms with Crippen LogP contribution in [0.25, 0.3) is 11.0 Å². The second-order valence-corrected chi connectivity index (χ2v) is 8.93. The van der Waals surface area contributed by atoms with Crippen molar-refractivity contribution in [1.82, 2.24) is 20.3 Å². The monoisotopic (exact) mass is 505 g/mol. The van der Waals surface area contributed by atoms with Crippen LogP contribution < -0.4 is 19.7 Å². The fourth-order valence-corrected chi connectivity index (χ4v) is 4.05. The third-order valence-electron chi connectivity index (χ3n) is 5.96. The van der Waals surface area contributed by atoms with E-state index in [0.29, 0.717) is 46.4 Å². The number of carbonyl (C=O) groups excluding carboxylic acids is 2. The summed E-state index contributed by atoms with van der Waals surface area (Å²) in [5.74, 6) is 0.907. The molecule has 0 saturated heterocycles. The highest BCUT2D eigenvalue weighted by atomic mass is 16.5. The van der Waals surface area contributed by atoms with Crippen LogP contribution in [0.1, 0.15) is 32.1 Å². The van der Waals surface area contributed by atoms with Gasteiger partial charge in [-0.2, -0.15) is 0 Å². The van der Waals surface area contributed by atoms with Crippen molar-refractivity contribution in [2.24, 2.45) is 5.92 Å². The molecule has 0 saturated carbocycles. The Bertz CT molecular complexity index is 1350. The van der Waals surface area contributed by atoms with Crippen LogP contribution in [-0.2, 0) is 16.1 Å². The van der Waals surface area contributed by atoms with Crippen molar-refractivity contribution in [1.29, 1.82) is 0 Å². The number of aromatic nitrogens is 3. The zero-order valence-electron chi connectivity index (χ0n) is 21.4. The molecule has 4 rings (SSSR count). The number of hydrogen-bond donors (Lipinski definition) is 1. The number of methoxy groups -OCH3 is 2. The number of ether oxygens (including phenoxy) is 2. The molecular formula is C27H31N5O5. The number of benzene rings is 2. The van der Waals surface area contributed by atoms with E-state index in [2.05, 4.69) is 29.5 Å². The highest BCUT2D eigenvalue weighted by molar-refractivity contribution is 6.01. The predicted molar refractivity (Wildman–Crippen MR) is 138 cm³/mol. The van der Waals surface area contributed by atoms with E-state index in [0.717, 1.165) is 6.42 Å². The first kappa shape index (κ1) is 25.7. The maximum atomic E-state index is 14.0. The van der Waals surface area contributed by atoms with Crippen molar-refractivity contribution in [3.05, 3.63) is 66.6 Å². The van der Waals surface area contributed by atoms with E-state index in [9.17, 15) is 9.59 Å². The van der Waals surface area contributed by atoms with E-state index < -0.39 is 6.04 Å². The molecule has 194 valence electrons. The Labute approximate surface area is 215 Å². The van der Waals surface area contributed by atoms with Crippen LogP contribution in [0.2, 0.25) is 0 Å². The van der Waals surface area contributed by atoms with Crippen LogP contribution in [0, 0.1) is 5.92 Å². The summed E-state index contributed by atoms with van der Waals surface area (Å²) >= 11 is 0. The average Bonchev–Trinajstić information content (AvgIpc) is 3.57. The molecule has 37 heavy (non-hydrogen) atoms. The van der Waals surface area contributed by atoms with Gasteiger partial charge in [0.25, 0.3) is 5.91 Å². The Hall–Kier alpha value is -4.34. The minimum Gasteiger partial charge on any atom is -0.493 e. The summed E-state index contributed by atoms with van der Waals surface area (Å²) in [6.07, 6.45) is 2.28. The molecule has 4 aromatic rings. The van der Waals surface area contributed by atoms with Crippen LogP contribution in [0.3, 0.4) is 0 Å². The lowest BCUT2D eigenvalue weighted by atomic mass is 10.1. The molecule has 2 aromatic heterocycles. The minimum absolute atomic E-state index is 0.147. The van der Waals surface area contributed by atoms with Crippen molar-refractivity contribution in [2.75, 3.05) is 25.7 Å². The quantitative estimate of drug-likeness (QED) is 0.328. The molecular weight excluding hydrogens is 474 g/mol. The van der Waals surface area contributed by atoms with Crippen LogP contribution in [0.15, 0.2) is 65.3 Å². The Morgan fingerprint density at radius 3 is 2.54 bits per heavy atom. The topological polar surface area (TPSA) is 112 Å². The van der Waals surface area contributed by atoms with Gasteiger partial charge < -0.3 is 19.2 Å². The van der Waals surface area contributed by atoms with Gasteiger partial charge in [0.15, 0.2) is 17.5 Å². The van der Waals surface area contributed by atoms with Gasteiger partial charge in [0.1, 0.15) is 17.8 Å². The SMILES string of the molecule is COc1ccc(N(C(=O)Cn2nnc3ccccc32)[C@H](C(=O)NCCC(C)C)c2ccco2)cc1OC. The van der Waals surface area contributed by atoms with Crippen molar-refractivity contribution in [3.8, 4) is 11.5 Å². The number of nitrogens with one attached hydrogen (secondary N) is 1. The minimum atomic E-state index is -1.07. The second kappa shape index (κ2) is 11.6. The van der Waals surface area contributed by atoms with Crippen LogP contribution in [0.5, 0.6) is 11.5 Å². The van der Waals surface area contributed by atoms with E-state index in [1.54, 1.807) is 30.3 Å². The number of para-hydroxylation sites is 1. The van der Waals surface area contributed by atoms with Crippen LogP contribution >= 0.6 is 0 Å². The van der Waals surface area contributed by atoms with Gasteiger partial charge in [-0.1, -0.05) is 31.2 Å². The standard InChI is InChI=1S/C27H31N5O5/c1-18(2)13-14-28-27(34)26(23-10-7-15-37-23)32(19-11-12-22(35-3)24(16-19)36-4)25(33)17-31-21-9-6-5-8-20(21)29-30-31/h5-12,15-16,18,26H,13-14,17H2,1-4H3,(H,28,34)/t26-/m0/s1. The number of amides is 2. The summed E-state index contributed by atoms with van der Waals surface area (Å²) in [5, 5.41) is 11.3. The molecule has 0 aliphatic rings. The number of rotatable bonds is 11. The number of hydrogen-bond acceptors (Lipinski definition) is 7. The van der Waals surface area contributed by atoms with Crippen molar-refractivity contribution in [2.45, 2.75) is 32.9 Å². The average molecular weight is 506 g/mol. The maximum Gasteiger partial charge on any atom is 0.251 e. The molecule has 0 unspecified atom stereocenters. The number of nitrogens with zero attached hydrogens (tertiary/aromatic N) is 4. The summed E-state index contributed by atoms with van der Waals surface area (Å²) < 4.78 is 18.0. The van der Waals surface area contributed by atoms with Crippen LogP contribution in [-0.4, -0.2) is 47.6 Å². The number of fused-ring (bicyclic) bond motifs is 1. The second-order valence-electron chi connectivity index (χ2n) is 8.93. The molecule has 0 fully saturated rings. The molecule has 0 radical (unpaired) electrons. The molecule has 2 heterocycles. The first-order chi connectivity index (χ1) is 17.9. The zero-order chi connectivity index (χ0) is 26.4. The number of carbonyl (C=O) groups is 2. The molecule has 2 amide bonds. The summed E-state index contributed by atoms with van der Waals surface area (Å²) in [5.41, 5.74) is 1.81. The third-order valence-corrected chi connectivity index (χ3v) is 5.96. The molecule has 0 spiro atoms. The van der Waals surface area contributed by atoms with Gasteiger partial charge in [-0.25, -0.2) is 4.68 Å². The van der Waals surface area contributed by atoms with Crippen LogP contribution in [0.4, 0.5) is 5.69 Å². The summed E-state index contributed by atoms with van der Waals surface area (Å²) in [7, 11) is 3.04. The first-order valence-corrected chi connectivity index (χ1v) is 12.1. The molecule has 0 aliphatic carbocycles. The van der Waals surface area contributed by atoms with E-state index in [1.807, 2.05) is 24.3 Å². The maximum absolute atomic E-state index is 14.0. The van der Waals surface area contributed by atoms with Gasteiger partial charge in [0.05, 0.1) is 26.0 Å². The molecule has 0 bridgehead atoms. The fraction of sp³-hybridized carbons (Fsp3) is 0.333. The summed E-state index contributed by atoms with van der Waals surface area (Å²) in [4.78, 5) is 29.0. The number of anilines is 1. The van der Waals surface area contributed by atoms with Gasteiger partial charge >= 0.3 is 0 Å². The largest absolute Gasteiger partial charge is 0.493 e. The van der Waals surface area contributed by atoms with E-state index in [1.165, 1.54) is 30.1 Å². The molecule has 1 atom stereocenters. The van der Waals surface area contributed by atoms with E-state index in [-0.39, 0.29) is 18.4 Å². The summed E-state index contributed by atoms with van der Waals surface area (Å²) in [6, 6.07) is 14.7. The third kappa shape index (κ3) is 5.74. The first-order valence-electron chi connectivity index (χ1n) is 12.1. The lowest BCUT2D eigenvalue weighted by Crippen LogP contribution is -2.45. The van der Waals surface area contributed by atoms with Crippen molar-refractivity contribution < 1.29 is 23.5 Å². The lowest BCUT2D eigenvalue weighted by molar-refractivity contribution is -0.127. The zero-order valence-corrected chi connectivity index (χ0v) is 21.4. The smallest absolute Gasteiger partial charge is 0.251 e. The highest BCUT2D eigenvalue weighted by Gasteiger charge is 2.35. The Kier molecular flexibility index (Phi) is 8.07. The van der Waals surface area contributed by atoms with E-state index in [4.69, 9.17) is 13.9 Å². The van der Waals surface area contributed by atoms with Gasteiger partial charge in [-0.05, 0) is 48.7 Å². The normalized spacial score (nSPS) is 11.9. The Morgan fingerprint density at radius 1 is 1.05 bits per heavy atom.